The summed E-state index contributed by atoms with van der Waals surface area (Å²) in [5.74, 6) is -2.14. The number of benzene rings is 3. The van der Waals surface area contributed by atoms with Gasteiger partial charge >= 0.3 is 5.97 Å². The number of aryl methyl sites for hydroxylation is 1. The van der Waals surface area contributed by atoms with Crippen LogP contribution in [0.1, 0.15) is 43.9 Å². The van der Waals surface area contributed by atoms with Gasteiger partial charge in [-0.15, -0.1) is 0 Å². The molecule has 1 aromatic heterocycles. The Bertz CT molecular complexity index is 1950. The van der Waals surface area contributed by atoms with Gasteiger partial charge in [-0.25, -0.2) is 27.2 Å². The van der Waals surface area contributed by atoms with Crippen molar-refractivity contribution in [3.05, 3.63) is 70.4 Å². The first kappa shape index (κ1) is 31.9. The Hall–Kier alpha value is -4.07. The summed E-state index contributed by atoms with van der Waals surface area (Å²) < 4.78 is 71.5. The Morgan fingerprint density at radius 3 is 2.65 bits per heavy atom. The third-order valence-corrected chi connectivity index (χ3v) is 9.78. The molecule has 1 atom stereocenters. The van der Waals surface area contributed by atoms with Crippen molar-refractivity contribution in [2.24, 2.45) is 0 Å². The molecule has 242 valence electrons. The first-order valence-electron chi connectivity index (χ1n) is 14.8. The molecule has 2 N–H and O–H groups in total. The molecule has 0 saturated carbocycles. The first-order valence-corrected chi connectivity index (χ1v) is 16.7. The van der Waals surface area contributed by atoms with Crippen LogP contribution in [0.25, 0.3) is 22.0 Å². The van der Waals surface area contributed by atoms with Gasteiger partial charge in [-0.05, 0) is 86.9 Å². The molecule has 1 unspecified atom stereocenters. The average Bonchev–Trinajstić information content (AvgIpc) is 3.40. The van der Waals surface area contributed by atoms with E-state index in [9.17, 15) is 13.2 Å². The normalized spacial score (nSPS) is 17.0. The maximum atomic E-state index is 16.1. The number of carbonyl (C=O) groups excluding carboxylic acids is 1. The standard InChI is InChI=1S/C32H32ClF2N5O5S/c1-4-18-11-19(12-20-15-36-32(38-30(18)20)37-22-7-9-40(3)10-8-22)28-24(34)5-6-25(29(28)35)39-46(42,43)27-14-21(33)13-23-26(45-17(2)41)16-44-31(23)27/h5-6,11-15,22,26,39H,4,7-10,16H2,1-3H3,(H,36,37,38). The van der Waals surface area contributed by atoms with Crippen molar-refractivity contribution in [3.63, 3.8) is 0 Å². The van der Waals surface area contributed by atoms with E-state index in [2.05, 4.69) is 27.0 Å². The Balaban J connectivity index is 1.33. The van der Waals surface area contributed by atoms with Gasteiger partial charge in [0.2, 0.25) is 5.95 Å². The lowest BCUT2D eigenvalue weighted by atomic mass is 9.97. The molecule has 14 heteroatoms. The van der Waals surface area contributed by atoms with Crippen molar-refractivity contribution in [3.8, 4) is 16.9 Å². The number of ether oxygens (including phenoxy) is 2. The summed E-state index contributed by atoms with van der Waals surface area (Å²) in [4.78, 5) is 22.6. The van der Waals surface area contributed by atoms with Gasteiger partial charge in [0.1, 0.15) is 23.1 Å². The third-order valence-electron chi connectivity index (χ3n) is 8.19. The van der Waals surface area contributed by atoms with Crippen LogP contribution >= 0.6 is 11.6 Å². The summed E-state index contributed by atoms with van der Waals surface area (Å²) in [5, 5.41) is 4.03. The number of carbonyl (C=O) groups is 1. The molecule has 1 saturated heterocycles. The molecule has 6 rings (SSSR count). The summed E-state index contributed by atoms with van der Waals surface area (Å²) >= 11 is 6.21. The molecule has 0 amide bonds. The largest absolute Gasteiger partial charge is 0.487 e. The van der Waals surface area contributed by atoms with E-state index in [1.165, 1.54) is 13.0 Å². The minimum Gasteiger partial charge on any atom is -0.487 e. The fourth-order valence-corrected chi connectivity index (χ4v) is 7.41. The zero-order valence-corrected chi connectivity index (χ0v) is 26.9. The summed E-state index contributed by atoms with van der Waals surface area (Å²) in [5.41, 5.74) is 0.991. The highest BCUT2D eigenvalue weighted by molar-refractivity contribution is 7.92. The van der Waals surface area contributed by atoms with Crippen molar-refractivity contribution < 1.29 is 31.5 Å². The minimum atomic E-state index is -4.51. The van der Waals surface area contributed by atoms with Gasteiger partial charge in [0.05, 0.1) is 16.8 Å². The molecular formula is C32H32ClF2N5O5S. The quantitative estimate of drug-likeness (QED) is 0.214. The van der Waals surface area contributed by atoms with E-state index >= 15 is 8.78 Å². The Labute approximate surface area is 270 Å². The average molecular weight is 672 g/mol. The number of piperidine rings is 1. The number of hydrogen-bond acceptors (Lipinski definition) is 9. The highest BCUT2D eigenvalue weighted by atomic mass is 35.5. The Morgan fingerprint density at radius 1 is 1.17 bits per heavy atom. The van der Waals surface area contributed by atoms with Gasteiger partial charge in [-0.1, -0.05) is 18.5 Å². The van der Waals surface area contributed by atoms with E-state index in [1.54, 1.807) is 18.3 Å². The van der Waals surface area contributed by atoms with Crippen LogP contribution in [-0.4, -0.2) is 62.0 Å². The van der Waals surface area contributed by atoms with Gasteiger partial charge in [0, 0.05) is 35.1 Å². The molecule has 2 aliphatic rings. The fraction of sp³-hybridized carbons (Fsp3) is 0.344. The molecule has 3 heterocycles. The second-order valence-electron chi connectivity index (χ2n) is 11.5. The summed E-state index contributed by atoms with van der Waals surface area (Å²) in [6.45, 7) is 4.97. The molecule has 3 aromatic carbocycles. The number of nitrogens with one attached hydrogen (secondary N) is 2. The topological polar surface area (TPSA) is 123 Å². The highest BCUT2D eigenvalue weighted by Gasteiger charge is 2.34. The molecule has 0 bridgehead atoms. The van der Waals surface area contributed by atoms with Crippen LogP contribution < -0.4 is 14.8 Å². The number of likely N-dealkylation sites (tertiary alicyclic amines) is 1. The number of fused-ring (bicyclic) bond motifs is 2. The second kappa shape index (κ2) is 12.6. The smallest absolute Gasteiger partial charge is 0.303 e. The number of hydrogen-bond donors (Lipinski definition) is 2. The maximum absolute atomic E-state index is 16.1. The lowest BCUT2D eigenvalue weighted by molar-refractivity contribution is -0.147. The molecule has 2 aliphatic heterocycles. The molecule has 4 aromatic rings. The molecule has 46 heavy (non-hydrogen) atoms. The van der Waals surface area contributed by atoms with Gasteiger partial charge < -0.3 is 19.7 Å². The third kappa shape index (κ3) is 6.31. The predicted molar refractivity (Wildman–Crippen MR) is 171 cm³/mol. The monoisotopic (exact) mass is 671 g/mol. The van der Waals surface area contributed by atoms with Gasteiger partial charge in [-0.2, -0.15) is 0 Å². The first-order chi connectivity index (χ1) is 21.9. The number of halogens is 3. The van der Waals surface area contributed by atoms with E-state index in [1.807, 2.05) is 6.92 Å². The van der Waals surface area contributed by atoms with E-state index in [-0.39, 0.29) is 39.4 Å². The number of esters is 1. The van der Waals surface area contributed by atoms with Crippen molar-refractivity contribution in [2.45, 2.75) is 50.2 Å². The van der Waals surface area contributed by atoms with Crippen LogP contribution in [0.15, 0.2) is 47.5 Å². The van der Waals surface area contributed by atoms with Crippen LogP contribution in [0.2, 0.25) is 5.02 Å². The van der Waals surface area contributed by atoms with Crippen molar-refractivity contribution in [1.82, 2.24) is 14.9 Å². The van der Waals surface area contributed by atoms with Gasteiger partial charge in [0.25, 0.3) is 10.0 Å². The van der Waals surface area contributed by atoms with Gasteiger partial charge in [0.15, 0.2) is 11.9 Å². The maximum Gasteiger partial charge on any atom is 0.303 e. The number of sulfonamides is 1. The van der Waals surface area contributed by atoms with Crippen LogP contribution in [0, 0.1) is 11.6 Å². The van der Waals surface area contributed by atoms with Crippen molar-refractivity contribution in [2.75, 3.05) is 36.8 Å². The predicted octanol–water partition coefficient (Wildman–Crippen LogP) is 6.09. The molecular weight excluding hydrogens is 640 g/mol. The molecule has 0 spiro atoms. The zero-order valence-electron chi connectivity index (χ0n) is 25.4. The van der Waals surface area contributed by atoms with E-state index < -0.39 is 45.0 Å². The Morgan fingerprint density at radius 2 is 1.93 bits per heavy atom. The number of anilines is 2. The molecule has 0 aliphatic carbocycles. The number of rotatable bonds is 8. The fourth-order valence-electron chi connectivity index (χ4n) is 5.86. The molecule has 1 fully saturated rings. The van der Waals surface area contributed by atoms with E-state index in [0.717, 1.165) is 49.7 Å². The highest BCUT2D eigenvalue weighted by Crippen LogP contribution is 2.43. The van der Waals surface area contributed by atoms with Crippen LogP contribution in [0.3, 0.4) is 0 Å². The number of nitrogens with zero attached hydrogens (tertiary/aromatic N) is 3. The minimum absolute atomic E-state index is 0.0391. The summed E-state index contributed by atoms with van der Waals surface area (Å²) in [6.07, 6.45) is 3.22. The summed E-state index contributed by atoms with van der Waals surface area (Å²) in [6, 6.07) is 8.07. The van der Waals surface area contributed by atoms with E-state index in [4.69, 9.17) is 26.1 Å². The van der Waals surface area contributed by atoms with Crippen LogP contribution in [0.4, 0.5) is 20.4 Å². The zero-order chi connectivity index (χ0) is 32.7. The van der Waals surface area contributed by atoms with Crippen LogP contribution in [-0.2, 0) is 26.0 Å². The van der Waals surface area contributed by atoms with Crippen LogP contribution in [0.5, 0.6) is 5.75 Å². The van der Waals surface area contributed by atoms with E-state index in [0.29, 0.717) is 23.3 Å². The molecule has 10 nitrogen and oxygen atoms in total. The summed E-state index contributed by atoms with van der Waals surface area (Å²) in [7, 11) is -2.42. The number of aromatic nitrogens is 2. The molecule has 0 radical (unpaired) electrons. The Kier molecular flexibility index (Phi) is 8.75. The van der Waals surface area contributed by atoms with Gasteiger partial charge in [-0.3, -0.25) is 9.52 Å². The lowest BCUT2D eigenvalue weighted by Gasteiger charge is -2.29. The van der Waals surface area contributed by atoms with Crippen molar-refractivity contribution in [1.29, 1.82) is 0 Å². The second-order valence-corrected chi connectivity index (χ2v) is 13.6. The van der Waals surface area contributed by atoms with Crippen molar-refractivity contribution >= 4 is 50.1 Å². The lowest BCUT2D eigenvalue weighted by Crippen LogP contribution is -2.37. The SMILES string of the molecule is CCc1cc(-c2c(F)ccc(NS(=O)(=O)c3cc(Cl)cc4c3OCC4OC(C)=O)c2F)cc2cnc(NC3CCN(C)CC3)nc12.